The van der Waals surface area contributed by atoms with Gasteiger partial charge in [0.25, 0.3) is 0 Å². The Labute approximate surface area is 99.1 Å². The maximum atomic E-state index is 13.4. The second-order valence-electron chi connectivity index (χ2n) is 3.09. The maximum absolute atomic E-state index is 13.4. The number of rotatable bonds is 0. The van der Waals surface area contributed by atoms with Crippen molar-refractivity contribution in [1.29, 1.82) is 0 Å². The monoisotopic (exact) mass is 378 g/mol. The molecule has 0 atom stereocenters. The molecule has 1 radical (unpaired) electrons. The molecule has 0 spiro atoms. The van der Waals surface area contributed by atoms with Crippen molar-refractivity contribution in [2.75, 3.05) is 0 Å². The van der Waals surface area contributed by atoms with E-state index in [9.17, 15) is 4.39 Å². The van der Waals surface area contributed by atoms with Crippen molar-refractivity contribution in [3.05, 3.63) is 48.7 Å². The zero-order valence-electron chi connectivity index (χ0n) is 7.57. The van der Waals surface area contributed by atoms with Crippen LogP contribution in [0.5, 0.6) is 0 Å². The summed E-state index contributed by atoms with van der Waals surface area (Å²) in [5.41, 5.74) is 1.46. The first kappa shape index (κ1) is 10.3. The van der Waals surface area contributed by atoms with Crippen LogP contribution >= 0.6 is 0 Å². The van der Waals surface area contributed by atoms with Gasteiger partial charge >= 0.3 is 0 Å². The van der Waals surface area contributed by atoms with Crippen LogP contribution in [0.2, 0.25) is 0 Å². The van der Waals surface area contributed by atoms with Crippen LogP contribution in [0.4, 0.5) is 4.39 Å². The standard InChI is InChI=1S/C11H6FN2.Ir/c12-9-3-5-13-11-8(9)4-7-14-6-1-2-10(11)14;/h1,3-7H;/q-1;. The van der Waals surface area contributed by atoms with Crippen LogP contribution < -0.4 is 0 Å². The van der Waals surface area contributed by atoms with Crippen LogP contribution in [0.15, 0.2) is 36.8 Å². The fourth-order valence-electron chi connectivity index (χ4n) is 1.61. The quantitative estimate of drug-likeness (QED) is 0.550. The molecule has 0 fully saturated rings. The number of fused-ring (bicyclic) bond motifs is 3. The van der Waals surface area contributed by atoms with Crippen LogP contribution in [-0.2, 0) is 20.1 Å². The number of hydrogen-bond donors (Lipinski definition) is 0. The van der Waals surface area contributed by atoms with E-state index < -0.39 is 0 Å². The van der Waals surface area contributed by atoms with E-state index in [1.54, 1.807) is 18.3 Å². The summed E-state index contributed by atoms with van der Waals surface area (Å²) in [6.45, 7) is 0. The molecule has 77 valence electrons. The number of pyridine rings is 2. The summed E-state index contributed by atoms with van der Waals surface area (Å²) in [6, 6.07) is 7.90. The molecule has 3 heterocycles. The predicted molar refractivity (Wildman–Crippen MR) is 51.5 cm³/mol. The smallest absolute Gasteiger partial charge is 0.121 e. The minimum atomic E-state index is -0.243. The molecule has 0 N–H and O–H groups in total. The molecule has 0 unspecified atom stereocenters. The van der Waals surface area contributed by atoms with Crippen molar-refractivity contribution in [2.24, 2.45) is 0 Å². The Balaban J connectivity index is 0.000000853. The molecule has 0 saturated carbocycles. The molecule has 0 aromatic carbocycles. The third-order valence-electron chi connectivity index (χ3n) is 2.28. The van der Waals surface area contributed by atoms with Gasteiger partial charge in [0.1, 0.15) is 5.82 Å². The van der Waals surface area contributed by atoms with Crippen molar-refractivity contribution >= 4 is 16.4 Å². The van der Waals surface area contributed by atoms with Gasteiger partial charge in [-0.3, -0.25) is 0 Å². The first-order valence-corrected chi connectivity index (χ1v) is 4.28. The van der Waals surface area contributed by atoms with Crippen molar-refractivity contribution in [1.82, 2.24) is 9.38 Å². The largest absolute Gasteiger partial charge is 0.397 e. The van der Waals surface area contributed by atoms with Gasteiger partial charge < -0.3 is 9.38 Å². The summed E-state index contributed by atoms with van der Waals surface area (Å²) in [6.07, 6.45) is 5.14. The Morgan fingerprint density at radius 2 is 2.13 bits per heavy atom. The van der Waals surface area contributed by atoms with E-state index in [1.165, 1.54) is 12.3 Å². The third-order valence-corrected chi connectivity index (χ3v) is 2.28. The van der Waals surface area contributed by atoms with Gasteiger partial charge in [-0.05, 0) is 29.2 Å². The maximum Gasteiger partial charge on any atom is 0.121 e. The van der Waals surface area contributed by atoms with E-state index in [1.807, 2.05) is 10.6 Å². The van der Waals surface area contributed by atoms with Crippen LogP contribution in [0.25, 0.3) is 16.4 Å². The Morgan fingerprint density at radius 1 is 1.27 bits per heavy atom. The Kier molecular flexibility index (Phi) is 2.55. The average molecular weight is 377 g/mol. The van der Waals surface area contributed by atoms with E-state index in [-0.39, 0.29) is 25.9 Å². The number of halogens is 1. The first-order chi connectivity index (χ1) is 6.86. The molecular weight excluding hydrogens is 371 g/mol. The molecule has 15 heavy (non-hydrogen) atoms. The Bertz CT molecular complexity index is 618. The average Bonchev–Trinajstić information content (AvgIpc) is 2.66. The molecule has 0 amide bonds. The van der Waals surface area contributed by atoms with E-state index >= 15 is 0 Å². The van der Waals surface area contributed by atoms with Gasteiger partial charge in [-0.15, -0.1) is 0 Å². The number of aromatic nitrogens is 2. The SMILES string of the molecule is Fc1ccnc2c1ccn1cc[c-]c21.[Ir]. The molecular formula is C11H6FIrN2-. The second-order valence-corrected chi connectivity index (χ2v) is 3.09. The van der Waals surface area contributed by atoms with Crippen LogP contribution in [0.1, 0.15) is 0 Å². The van der Waals surface area contributed by atoms with Crippen LogP contribution in [-0.4, -0.2) is 9.38 Å². The minimum Gasteiger partial charge on any atom is -0.397 e. The zero-order valence-corrected chi connectivity index (χ0v) is 9.96. The van der Waals surface area contributed by atoms with E-state index in [0.717, 1.165) is 5.52 Å². The molecule has 0 saturated heterocycles. The van der Waals surface area contributed by atoms with Gasteiger partial charge in [-0.2, -0.15) is 12.1 Å². The van der Waals surface area contributed by atoms with E-state index in [4.69, 9.17) is 0 Å². The molecule has 0 aliphatic rings. The topological polar surface area (TPSA) is 17.3 Å². The summed E-state index contributed by atoms with van der Waals surface area (Å²) >= 11 is 0. The summed E-state index contributed by atoms with van der Waals surface area (Å²) in [5, 5.41) is 0.537. The summed E-state index contributed by atoms with van der Waals surface area (Å²) in [5.74, 6) is -0.243. The molecule has 3 aromatic heterocycles. The van der Waals surface area contributed by atoms with Crippen molar-refractivity contribution in [3.8, 4) is 0 Å². The van der Waals surface area contributed by atoms with Crippen LogP contribution in [0, 0.1) is 11.9 Å². The molecule has 3 aromatic rings. The van der Waals surface area contributed by atoms with Gasteiger partial charge in [-0.25, -0.2) is 4.39 Å². The predicted octanol–water partition coefficient (Wildman–Crippen LogP) is 2.42. The fraction of sp³-hybridized carbons (Fsp3) is 0. The van der Waals surface area contributed by atoms with E-state index in [2.05, 4.69) is 11.1 Å². The van der Waals surface area contributed by atoms with Gasteiger partial charge in [0.05, 0.1) is 0 Å². The number of nitrogens with zero attached hydrogens (tertiary/aromatic N) is 2. The molecule has 2 nitrogen and oxygen atoms in total. The van der Waals surface area contributed by atoms with Gasteiger partial charge in [0.2, 0.25) is 0 Å². The Morgan fingerprint density at radius 3 is 3.00 bits per heavy atom. The summed E-state index contributed by atoms with van der Waals surface area (Å²) < 4.78 is 15.2. The molecule has 4 heteroatoms. The van der Waals surface area contributed by atoms with Crippen molar-refractivity contribution in [3.63, 3.8) is 0 Å². The third kappa shape index (κ3) is 1.46. The second kappa shape index (κ2) is 3.72. The molecule has 0 aliphatic carbocycles. The number of hydrogen-bond acceptors (Lipinski definition) is 1. The van der Waals surface area contributed by atoms with Gasteiger partial charge in [0.15, 0.2) is 0 Å². The summed E-state index contributed by atoms with van der Waals surface area (Å²) in [7, 11) is 0. The minimum absolute atomic E-state index is 0. The molecule has 0 bridgehead atoms. The van der Waals surface area contributed by atoms with Crippen molar-refractivity contribution in [2.45, 2.75) is 0 Å². The normalized spacial score (nSPS) is 10.5. The Hall–Kier alpha value is -1.25. The molecule has 0 aliphatic heterocycles. The zero-order chi connectivity index (χ0) is 9.54. The van der Waals surface area contributed by atoms with Crippen LogP contribution in [0.3, 0.4) is 0 Å². The summed E-state index contributed by atoms with van der Waals surface area (Å²) in [4.78, 5) is 4.15. The van der Waals surface area contributed by atoms with E-state index in [0.29, 0.717) is 10.9 Å². The van der Waals surface area contributed by atoms with Crippen molar-refractivity contribution < 1.29 is 24.5 Å². The van der Waals surface area contributed by atoms with Gasteiger partial charge in [0, 0.05) is 26.3 Å². The fourth-order valence-corrected chi connectivity index (χ4v) is 1.61. The molecule has 3 rings (SSSR count). The van der Waals surface area contributed by atoms with Gasteiger partial charge in [-0.1, -0.05) is 11.7 Å². The first-order valence-electron chi connectivity index (χ1n) is 4.28.